The minimum absolute atomic E-state index is 0.422. The zero-order valence-corrected chi connectivity index (χ0v) is 9.87. The number of hydrogen-bond donors (Lipinski definition) is 0. The largest absolute Gasteiger partial charge is 0.339 e. The highest BCUT2D eigenvalue weighted by molar-refractivity contribution is 5.76. The van der Waals surface area contributed by atoms with Crippen molar-refractivity contribution in [3.63, 3.8) is 0 Å². The Morgan fingerprint density at radius 1 is 1.27 bits per heavy atom. The Kier molecular flexibility index (Phi) is 3.66. The lowest BCUT2D eigenvalue weighted by Crippen LogP contribution is -2.42. The van der Waals surface area contributed by atoms with Gasteiger partial charge in [0.05, 0.1) is 0 Å². The third kappa shape index (κ3) is 2.35. The van der Waals surface area contributed by atoms with Crippen molar-refractivity contribution >= 4 is 5.91 Å². The van der Waals surface area contributed by atoms with Crippen molar-refractivity contribution in [3.05, 3.63) is 0 Å². The van der Waals surface area contributed by atoms with Crippen molar-refractivity contribution in [2.45, 2.75) is 64.3 Å². The Labute approximate surface area is 93.0 Å². The smallest absolute Gasteiger partial charge is 0.222 e. The fourth-order valence-corrected chi connectivity index (χ4v) is 2.89. The Hall–Kier alpha value is -0.530. The van der Waals surface area contributed by atoms with E-state index in [0.717, 1.165) is 31.7 Å². The van der Waals surface area contributed by atoms with E-state index in [4.69, 9.17) is 0 Å². The molecular formula is C13H23NO. The molecule has 2 fully saturated rings. The van der Waals surface area contributed by atoms with E-state index < -0.39 is 0 Å². The zero-order valence-electron chi connectivity index (χ0n) is 9.87. The normalized spacial score (nSPS) is 26.7. The number of nitrogens with zero attached hydrogens (tertiary/aromatic N) is 1. The first kappa shape index (κ1) is 11.0. The summed E-state index contributed by atoms with van der Waals surface area (Å²) in [5.41, 5.74) is 0. The SMILES string of the molecule is CCCCC(=O)N1CCCC1C1CCC1. The van der Waals surface area contributed by atoms with Crippen LogP contribution in [0.4, 0.5) is 0 Å². The molecule has 2 rings (SSSR count). The topological polar surface area (TPSA) is 20.3 Å². The fourth-order valence-electron chi connectivity index (χ4n) is 2.89. The molecule has 0 N–H and O–H groups in total. The number of carbonyl (C=O) groups is 1. The van der Waals surface area contributed by atoms with Gasteiger partial charge in [0.15, 0.2) is 0 Å². The van der Waals surface area contributed by atoms with Crippen LogP contribution in [-0.2, 0) is 4.79 Å². The van der Waals surface area contributed by atoms with Gasteiger partial charge < -0.3 is 4.90 Å². The van der Waals surface area contributed by atoms with Gasteiger partial charge in [0.25, 0.3) is 0 Å². The van der Waals surface area contributed by atoms with Crippen molar-refractivity contribution in [1.29, 1.82) is 0 Å². The maximum atomic E-state index is 12.0. The van der Waals surface area contributed by atoms with Crippen molar-refractivity contribution in [1.82, 2.24) is 4.90 Å². The van der Waals surface area contributed by atoms with Gasteiger partial charge in [-0.3, -0.25) is 4.79 Å². The molecule has 2 aliphatic rings. The van der Waals surface area contributed by atoms with Crippen LogP contribution < -0.4 is 0 Å². The first-order valence-electron chi connectivity index (χ1n) is 6.62. The van der Waals surface area contributed by atoms with Gasteiger partial charge >= 0.3 is 0 Å². The summed E-state index contributed by atoms with van der Waals surface area (Å²) in [7, 11) is 0. The monoisotopic (exact) mass is 209 g/mol. The average molecular weight is 209 g/mol. The number of rotatable bonds is 4. The van der Waals surface area contributed by atoms with E-state index in [9.17, 15) is 4.79 Å². The highest BCUT2D eigenvalue weighted by Crippen LogP contribution is 2.37. The molecule has 1 unspecified atom stereocenters. The number of amides is 1. The summed E-state index contributed by atoms with van der Waals surface area (Å²) in [5.74, 6) is 1.27. The Morgan fingerprint density at radius 2 is 2.07 bits per heavy atom. The second-order valence-electron chi connectivity index (χ2n) is 5.09. The molecule has 1 aliphatic heterocycles. The molecule has 1 aliphatic carbocycles. The van der Waals surface area contributed by atoms with Gasteiger partial charge in [-0.2, -0.15) is 0 Å². The van der Waals surface area contributed by atoms with Crippen molar-refractivity contribution in [2.24, 2.45) is 5.92 Å². The van der Waals surface area contributed by atoms with Crippen LogP contribution in [0, 0.1) is 5.92 Å². The van der Waals surface area contributed by atoms with Crippen molar-refractivity contribution < 1.29 is 4.79 Å². The van der Waals surface area contributed by atoms with Crippen LogP contribution in [0.1, 0.15) is 58.3 Å². The first-order valence-corrected chi connectivity index (χ1v) is 6.62. The highest BCUT2D eigenvalue weighted by Gasteiger charge is 2.36. The molecule has 1 atom stereocenters. The van der Waals surface area contributed by atoms with Crippen LogP contribution in [0.3, 0.4) is 0 Å². The molecule has 0 spiro atoms. The summed E-state index contributed by atoms with van der Waals surface area (Å²) in [6, 6.07) is 0.614. The van der Waals surface area contributed by atoms with Gasteiger partial charge in [0.2, 0.25) is 5.91 Å². The van der Waals surface area contributed by atoms with Crippen LogP contribution in [0.5, 0.6) is 0 Å². The van der Waals surface area contributed by atoms with E-state index >= 15 is 0 Å². The standard InChI is InChI=1S/C13H23NO/c1-2-3-9-13(15)14-10-5-8-12(14)11-6-4-7-11/h11-12H,2-10H2,1H3. The van der Waals surface area contributed by atoms with Gasteiger partial charge in [-0.25, -0.2) is 0 Å². The maximum absolute atomic E-state index is 12.0. The first-order chi connectivity index (χ1) is 7.33. The van der Waals surface area contributed by atoms with Gasteiger partial charge in [-0.1, -0.05) is 19.8 Å². The van der Waals surface area contributed by atoms with E-state index in [2.05, 4.69) is 11.8 Å². The van der Waals surface area contributed by atoms with E-state index in [1.165, 1.54) is 32.1 Å². The van der Waals surface area contributed by atoms with Gasteiger partial charge in [0, 0.05) is 19.0 Å². The highest BCUT2D eigenvalue weighted by atomic mass is 16.2. The number of hydrogen-bond acceptors (Lipinski definition) is 1. The number of carbonyl (C=O) groups excluding carboxylic acids is 1. The van der Waals surface area contributed by atoms with Crippen LogP contribution in [0.15, 0.2) is 0 Å². The molecule has 2 heteroatoms. The Bertz CT molecular complexity index is 223. The van der Waals surface area contributed by atoms with E-state index in [0.29, 0.717) is 11.9 Å². The van der Waals surface area contributed by atoms with Crippen LogP contribution >= 0.6 is 0 Å². The molecule has 0 bridgehead atoms. The molecule has 0 aromatic carbocycles. The lowest BCUT2D eigenvalue weighted by Gasteiger charge is -2.37. The fraction of sp³-hybridized carbons (Fsp3) is 0.923. The van der Waals surface area contributed by atoms with Crippen LogP contribution in [0.25, 0.3) is 0 Å². The molecular weight excluding hydrogens is 186 g/mol. The second kappa shape index (κ2) is 5.00. The lowest BCUT2D eigenvalue weighted by molar-refractivity contribution is -0.133. The minimum atomic E-state index is 0.422. The quantitative estimate of drug-likeness (QED) is 0.697. The van der Waals surface area contributed by atoms with Crippen molar-refractivity contribution in [2.75, 3.05) is 6.54 Å². The molecule has 2 nitrogen and oxygen atoms in total. The molecule has 0 radical (unpaired) electrons. The number of unbranched alkanes of at least 4 members (excludes halogenated alkanes) is 1. The summed E-state index contributed by atoms with van der Waals surface area (Å²) in [5, 5.41) is 0. The summed E-state index contributed by atoms with van der Waals surface area (Å²) >= 11 is 0. The molecule has 1 saturated carbocycles. The lowest BCUT2D eigenvalue weighted by atomic mass is 9.79. The molecule has 1 heterocycles. The van der Waals surface area contributed by atoms with Crippen molar-refractivity contribution in [3.8, 4) is 0 Å². The van der Waals surface area contributed by atoms with Gasteiger partial charge in [-0.15, -0.1) is 0 Å². The third-order valence-electron chi connectivity index (χ3n) is 4.06. The Morgan fingerprint density at radius 3 is 2.67 bits per heavy atom. The molecule has 1 amide bonds. The summed E-state index contributed by atoms with van der Waals surface area (Å²) in [6.07, 6.45) is 9.59. The summed E-state index contributed by atoms with van der Waals surface area (Å²) in [4.78, 5) is 14.2. The minimum Gasteiger partial charge on any atom is -0.339 e. The predicted molar refractivity (Wildman–Crippen MR) is 61.6 cm³/mol. The van der Waals surface area contributed by atoms with E-state index in [1.807, 2.05) is 0 Å². The molecule has 86 valence electrons. The summed E-state index contributed by atoms with van der Waals surface area (Å²) < 4.78 is 0. The van der Waals surface area contributed by atoms with E-state index in [1.54, 1.807) is 0 Å². The van der Waals surface area contributed by atoms with Crippen LogP contribution in [-0.4, -0.2) is 23.4 Å². The van der Waals surface area contributed by atoms with Gasteiger partial charge in [-0.05, 0) is 38.0 Å². The Balaban J connectivity index is 1.86. The maximum Gasteiger partial charge on any atom is 0.222 e. The number of likely N-dealkylation sites (tertiary alicyclic amines) is 1. The molecule has 0 aromatic rings. The average Bonchev–Trinajstić information content (AvgIpc) is 2.60. The molecule has 0 aromatic heterocycles. The predicted octanol–water partition coefficient (Wildman–Crippen LogP) is 2.97. The molecule has 15 heavy (non-hydrogen) atoms. The second-order valence-corrected chi connectivity index (χ2v) is 5.09. The van der Waals surface area contributed by atoms with Crippen LogP contribution in [0.2, 0.25) is 0 Å². The molecule has 1 saturated heterocycles. The zero-order chi connectivity index (χ0) is 10.7. The third-order valence-corrected chi connectivity index (χ3v) is 4.06. The van der Waals surface area contributed by atoms with Gasteiger partial charge in [0.1, 0.15) is 0 Å². The summed E-state index contributed by atoms with van der Waals surface area (Å²) in [6.45, 7) is 3.18. The van der Waals surface area contributed by atoms with E-state index in [-0.39, 0.29) is 0 Å².